The van der Waals surface area contributed by atoms with Crippen LogP contribution in [0.2, 0.25) is 0 Å². The van der Waals surface area contributed by atoms with E-state index in [0.717, 1.165) is 0 Å². The fraction of sp³-hybridized carbons (Fsp3) is 0.529. The number of carboxylic acid groups (broad SMARTS) is 2. The van der Waals surface area contributed by atoms with Crippen LogP contribution in [0.5, 0.6) is 0 Å². The van der Waals surface area contributed by atoms with E-state index < -0.39 is 18.2 Å². The second-order valence-corrected chi connectivity index (χ2v) is 6.67. The maximum Gasteiger partial charge on any atom is 0.407 e. The Morgan fingerprint density at radius 1 is 1.24 bits per heavy atom. The van der Waals surface area contributed by atoms with E-state index in [0.29, 0.717) is 31.2 Å². The summed E-state index contributed by atoms with van der Waals surface area (Å²) < 4.78 is 5.58. The van der Waals surface area contributed by atoms with Crippen molar-refractivity contribution in [3.8, 4) is 0 Å². The Kier molecular flexibility index (Phi) is 5.99. The highest BCUT2D eigenvalue weighted by Crippen LogP contribution is 2.25. The molecular weight excluding hydrogens is 328 g/mol. The first-order valence-electron chi connectivity index (χ1n) is 8.05. The van der Waals surface area contributed by atoms with Gasteiger partial charge < -0.3 is 25.0 Å². The number of hydrogen-bond acceptors (Lipinski definition) is 5. The molecule has 0 radical (unpaired) electrons. The van der Waals surface area contributed by atoms with Gasteiger partial charge in [0.05, 0.1) is 6.61 Å². The molecule has 1 aromatic carbocycles. The lowest BCUT2D eigenvalue weighted by Crippen LogP contribution is -2.56. The first kappa shape index (κ1) is 19.2. The molecule has 4 N–H and O–H groups in total. The summed E-state index contributed by atoms with van der Waals surface area (Å²) in [5.74, 6) is -0.921. The van der Waals surface area contributed by atoms with Gasteiger partial charge in [0.1, 0.15) is 5.72 Å². The van der Waals surface area contributed by atoms with Crippen molar-refractivity contribution in [1.82, 2.24) is 10.2 Å². The molecule has 2 heterocycles. The van der Waals surface area contributed by atoms with Crippen LogP contribution in [-0.2, 0) is 9.53 Å². The van der Waals surface area contributed by atoms with E-state index in [9.17, 15) is 9.59 Å². The average molecular weight is 352 g/mol. The van der Waals surface area contributed by atoms with Crippen LogP contribution in [-0.4, -0.2) is 63.7 Å². The van der Waals surface area contributed by atoms with Gasteiger partial charge >= 0.3 is 12.1 Å². The second kappa shape index (κ2) is 7.81. The zero-order valence-electron chi connectivity index (χ0n) is 14.3. The molecule has 0 aliphatic carbocycles. The number of ether oxygens (including phenoxy) is 1. The zero-order valence-corrected chi connectivity index (χ0v) is 14.3. The van der Waals surface area contributed by atoms with Crippen LogP contribution in [0, 0.1) is 5.92 Å². The van der Waals surface area contributed by atoms with E-state index in [4.69, 9.17) is 20.1 Å². The van der Waals surface area contributed by atoms with Gasteiger partial charge in [-0.2, -0.15) is 0 Å². The number of rotatable bonds is 2. The number of carbonyl (C=O) groups is 2. The molecule has 8 nitrogen and oxygen atoms in total. The summed E-state index contributed by atoms with van der Waals surface area (Å²) in [6.07, 6.45) is -2.24. The van der Waals surface area contributed by atoms with Gasteiger partial charge in [0.15, 0.2) is 6.10 Å². The minimum absolute atomic E-state index is 0.245. The highest BCUT2D eigenvalue weighted by atomic mass is 16.5. The molecule has 3 atom stereocenters. The lowest BCUT2D eigenvalue weighted by atomic mass is 10.0. The maximum absolute atomic E-state index is 10.8. The Morgan fingerprint density at radius 3 is 2.44 bits per heavy atom. The Bertz CT molecular complexity index is 606. The minimum Gasteiger partial charge on any atom is -0.479 e. The molecule has 8 heteroatoms. The van der Waals surface area contributed by atoms with Gasteiger partial charge in [0.2, 0.25) is 0 Å². The van der Waals surface area contributed by atoms with Gasteiger partial charge in [0.25, 0.3) is 0 Å². The van der Waals surface area contributed by atoms with E-state index >= 15 is 0 Å². The van der Waals surface area contributed by atoms with Gasteiger partial charge in [0, 0.05) is 25.0 Å². The smallest absolute Gasteiger partial charge is 0.407 e. The van der Waals surface area contributed by atoms with Crippen LogP contribution < -0.4 is 5.32 Å². The molecule has 1 amide bonds. The number of carboxylic acids is 1. The summed E-state index contributed by atoms with van der Waals surface area (Å²) in [5.41, 5.74) is 0.0790. The van der Waals surface area contributed by atoms with Gasteiger partial charge in [-0.05, 0) is 19.4 Å². The Labute approximate surface area is 146 Å². The molecule has 1 aromatic rings. The molecule has 0 saturated carbocycles. The van der Waals surface area contributed by atoms with Crippen LogP contribution in [0.3, 0.4) is 0 Å². The predicted octanol–water partition coefficient (Wildman–Crippen LogP) is 1.13. The number of aliphatic hydroxyl groups is 1. The molecule has 2 aliphatic rings. The standard InChI is InChI=1S/C9H16N2O3.C8H8O3/c1-9(2)10-7-4-11(8(12)13)3-6(7)5-14-9;9-7(8(10)11)6-4-2-1-3-5-6/h6-7,10H,3-5H2,1-2H3,(H,12,13);1-5,7,9H,(H,10,11)/t6-,7-;7-/m11/s1. The van der Waals surface area contributed by atoms with Crippen LogP contribution in [0.4, 0.5) is 4.79 Å². The fourth-order valence-corrected chi connectivity index (χ4v) is 2.94. The topological polar surface area (TPSA) is 119 Å². The quantitative estimate of drug-likeness (QED) is 0.630. The molecule has 0 bridgehead atoms. The average Bonchev–Trinajstić information content (AvgIpc) is 2.97. The van der Waals surface area contributed by atoms with E-state index in [1.807, 2.05) is 13.8 Å². The highest BCUT2D eigenvalue weighted by molar-refractivity contribution is 5.73. The van der Waals surface area contributed by atoms with Crippen molar-refractivity contribution in [3.05, 3.63) is 35.9 Å². The summed E-state index contributed by atoms with van der Waals surface area (Å²) in [5, 5.41) is 29.5. The Morgan fingerprint density at radius 2 is 1.88 bits per heavy atom. The number of amides is 1. The monoisotopic (exact) mass is 352 g/mol. The van der Waals surface area contributed by atoms with Crippen molar-refractivity contribution < 1.29 is 29.6 Å². The molecule has 0 unspecified atom stereocenters. The molecule has 3 rings (SSSR count). The third-order valence-corrected chi connectivity index (χ3v) is 4.25. The largest absolute Gasteiger partial charge is 0.479 e. The van der Waals surface area contributed by atoms with Crippen molar-refractivity contribution >= 4 is 12.1 Å². The van der Waals surface area contributed by atoms with Crippen LogP contribution in [0.15, 0.2) is 30.3 Å². The first-order chi connectivity index (χ1) is 11.7. The van der Waals surface area contributed by atoms with Crippen LogP contribution in [0.25, 0.3) is 0 Å². The third-order valence-electron chi connectivity index (χ3n) is 4.25. The zero-order chi connectivity index (χ0) is 18.6. The van der Waals surface area contributed by atoms with Crippen molar-refractivity contribution in [3.63, 3.8) is 0 Å². The number of likely N-dealkylation sites (tertiary alicyclic amines) is 1. The SMILES string of the molecule is CC1(C)N[C@@H]2CN(C(=O)O)C[C@@H]2CO1.O=C(O)[C@H](O)c1ccccc1. The Balaban J connectivity index is 0.000000186. The number of hydrogen-bond donors (Lipinski definition) is 4. The predicted molar refractivity (Wildman–Crippen MR) is 89.1 cm³/mol. The molecule has 0 spiro atoms. The Hall–Kier alpha value is -2.16. The molecule has 2 fully saturated rings. The summed E-state index contributed by atoms with van der Waals surface area (Å²) in [6.45, 7) is 5.74. The molecule has 2 aliphatic heterocycles. The van der Waals surface area contributed by atoms with Crippen molar-refractivity contribution in [1.29, 1.82) is 0 Å². The summed E-state index contributed by atoms with van der Waals surface area (Å²) in [6, 6.07) is 8.51. The van der Waals surface area contributed by atoms with E-state index in [1.165, 1.54) is 4.90 Å². The molecule has 138 valence electrons. The first-order valence-corrected chi connectivity index (χ1v) is 8.05. The number of fused-ring (bicyclic) bond motifs is 1. The van der Waals surface area contributed by atoms with E-state index in [-0.39, 0.29) is 11.8 Å². The number of aliphatic carboxylic acids is 1. The molecule has 0 aromatic heterocycles. The number of nitrogens with one attached hydrogen (secondary N) is 1. The summed E-state index contributed by atoms with van der Waals surface area (Å²) in [4.78, 5) is 22.5. The van der Waals surface area contributed by atoms with Crippen molar-refractivity contribution in [2.45, 2.75) is 31.7 Å². The highest BCUT2D eigenvalue weighted by Gasteiger charge is 2.42. The second-order valence-electron chi connectivity index (χ2n) is 6.67. The molecule has 25 heavy (non-hydrogen) atoms. The minimum atomic E-state index is -1.41. The van der Waals surface area contributed by atoms with Crippen molar-refractivity contribution in [2.75, 3.05) is 19.7 Å². The fourth-order valence-electron chi connectivity index (χ4n) is 2.94. The third kappa shape index (κ3) is 5.15. The van der Waals surface area contributed by atoms with Gasteiger partial charge in [-0.25, -0.2) is 9.59 Å². The van der Waals surface area contributed by atoms with Crippen LogP contribution in [0.1, 0.15) is 25.5 Å². The van der Waals surface area contributed by atoms with Gasteiger partial charge in [-0.15, -0.1) is 0 Å². The maximum atomic E-state index is 10.8. The summed E-state index contributed by atoms with van der Waals surface area (Å²) >= 11 is 0. The lowest BCUT2D eigenvalue weighted by molar-refractivity contribution is -0.146. The van der Waals surface area contributed by atoms with Crippen molar-refractivity contribution in [2.24, 2.45) is 5.92 Å². The lowest BCUT2D eigenvalue weighted by Gasteiger charge is -2.38. The number of nitrogens with zero attached hydrogens (tertiary/aromatic N) is 1. The normalized spacial score (nSPS) is 25.3. The van der Waals surface area contributed by atoms with E-state index in [1.54, 1.807) is 30.3 Å². The number of benzene rings is 1. The molecular formula is C17H24N2O6. The molecule has 2 saturated heterocycles. The summed E-state index contributed by atoms with van der Waals surface area (Å²) in [7, 11) is 0. The van der Waals surface area contributed by atoms with Crippen LogP contribution >= 0.6 is 0 Å². The van der Waals surface area contributed by atoms with Gasteiger partial charge in [-0.1, -0.05) is 30.3 Å². The number of aliphatic hydroxyl groups excluding tert-OH is 1. The van der Waals surface area contributed by atoms with E-state index in [2.05, 4.69) is 5.32 Å². The van der Waals surface area contributed by atoms with Gasteiger partial charge in [-0.3, -0.25) is 5.32 Å².